The van der Waals surface area contributed by atoms with E-state index in [2.05, 4.69) is 15.3 Å². The summed E-state index contributed by atoms with van der Waals surface area (Å²) >= 11 is 0. The molecule has 7 nitrogen and oxygen atoms in total. The third-order valence-corrected chi connectivity index (χ3v) is 4.37. The molecule has 0 unspecified atom stereocenters. The standard InChI is InChI=1S/C23H19N3O4/c1-28-17-12-16(13-18(14-17)29-2)25-23-19(11-15-7-3-4-8-20(15)30-23)22(27)26-21-9-5-6-10-24-21/h3-14H,1-2H3,(H,24,26,27). The number of nitrogens with zero attached hydrogens (tertiary/aromatic N) is 2. The van der Waals surface area contributed by atoms with E-state index in [-0.39, 0.29) is 17.0 Å². The molecule has 0 fully saturated rings. The Morgan fingerprint density at radius 2 is 1.70 bits per heavy atom. The van der Waals surface area contributed by atoms with E-state index in [1.807, 2.05) is 24.3 Å². The first-order valence-corrected chi connectivity index (χ1v) is 9.19. The van der Waals surface area contributed by atoms with Gasteiger partial charge in [0.15, 0.2) is 0 Å². The van der Waals surface area contributed by atoms with Crippen molar-refractivity contribution in [2.45, 2.75) is 0 Å². The molecular weight excluding hydrogens is 382 g/mol. The van der Waals surface area contributed by atoms with E-state index in [1.165, 1.54) is 0 Å². The topological polar surface area (TPSA) is 86.0 Å². The molecule has 1 amide bonds. The van der Waals surface area contributed by atoms with Gasteiger partial charge in [0.05, 0.1) is 19.9 Å². The van der Waals surface area contributed by atoms with Gasteiger partial charge in [0.25, 0.3) is 5.91 Å². The van der Waals surface area contributed by atoms with Gasteiger partial charge in [0.1, 0.15) is 28.5 Å². The van der Waals surface area contributed by atoms with E-state index in [1.54, 1.807) is 62.9 Å². The van der Waals surface area contributed by atoms with Crippen molar-refractivity contribution in [2.75, 3.05) is 19.5 Å². The number of hydrogen-bond donors (Lipinski definition) is 1. The summed E-state index contributed by atoms with van der Waals surface area (Å²) in [6, 6.07) is 19.6. The predicted molar refractivity (Wildman–Crippen MR) is 113 cm³/mol. The zero-order valence-corrected chi connectivity index (χ0v) is 16.5. The predicted octanol–water partition coefficient (Wildman–Crippen LogP) is 4.33. The molecule has 0 saturated carbocycles. The van der Waals surface area contributed by atoms with Crippen molar-refractivity contribution >= 4 is 28.4 Å². The monoisotopic (exact) mass is 401 g/mol. The molecule has 0 bridgehead atoms. The van der Waals surface area contributed by atoms with Crippen molar-refractivity contribution < 1.29 is 18.7 Å². The Bertz CT molecular complexity index is 1240. The molecule has 1 N–H and O–H groups in total. The molecule has 0 spiro atoms. The van der Waals surface area contributed by atoms with Crippen molar-refractivity contribution in [1.29, 1.82) is 0 Å². The van der Waals surface area contributed by atoms with Crippen LogP contribution in [0.2, 0.25) is 0 Å². The molecule has 2 aromatic heterocycles. The number of nitrogens with one attached hydrogen (secondary N) is 1. The van der Waals surface area contributed by atoms with Gasteiger partial charge in [-0.25, -0.2) is 9.98 Å². The lowest BCUT2D eigenvalue weighted by molar-refractivity contribution is 0.102. The van der Waals surface area contributed by atoms with Crippen LogP contribution >= 0.6 is 0 Å². The van der Waals surface area contributed by atoms with Crippen molar-refractivity contribution in [3.8, 4) is 11.5 Å². The van der Waals surface area contributed by atoms with Crippen LogP contribution in [0.5, 0.6) is 11.5 Å². The number of fused-ring (bicyclic) bond motifs is 1. The van der Waals surface area contributed by atoms with Gasteiger partial charge in [-0.05, 0) is 24.3 Å². The average Bonchev–Trinajstić information content (AvgIpc) is 2.79. The summed E-state index contributed by atoms with van der Waals surface area (Å²) in [6.07, 6.45) is 1.61. The van der Waals surface area contributed by atoms with Gasteiger partial charge in [0, 0.05) is 29.8 Å². The maximum Gasteiger partial charge on any atom is 0.262 e. The molecule has 4 aromatic rings. The molecular formula is C23H19N3O4. The lowest BCUT2D eigenvalue weighted by Crippen LogP contribution is -2.22. The smallest absolute Gasteiger partial charge is 0.262 e. The minimum atomic E-state index is -0.378. The summed E-state index contributed by atoms with van der Waals surface area (Å²) in [4.78, 5) is 21.7. The minimum Gasteiger partial charge on any atom is -0.497 e. The summed E-state index contributed by atoms with van der Waals surface area (Å²) in [5.74, 6) is 1.21. The number of ether oxygens (including phenoxy) is 2. The number of rotatable bonds is 5. The molecule has 30 heavy (non-hydrogen) atoms. The summed E-state index contributed by atoms with van der Waals surface area (Å²) < 4.78 is 16.6. The number of carbonyl (C=O) groups is 1. The van der Waals surface area contributed by atoms with Crippen LogP contribution in [0.1, 0.15) is 10.4 Å². The highest BCUT2D eigenvalue weighted by molar-refractivity contribution is 6.04. The highest BCUT2D eigenvalue weighted by Gasteiger charge is 2.14. The van der Waals surface area contributed by atoms with Gasteiger partial charge in [-0.2, -0.15) is 0 Å². The summed E-state index contributed by atoms with van der Waals surface area (Å²) in [7, 11) is 3.12. The first-order valence-electron chi connectivity index (χ1n) is 9.19. The molecule has 0 aliphatic rings. The van der Waals surface area contributed by atoms with Crippen molar-refractivity contribution in [3.63, 3.8) is 0 Å². The number of benzene rings is 2. The molecule has 0 aliphatic heterocycles. The Kier molecular flexibility index (Phi) is 5.43. The zero-order valence-electron chi connectivity index (χ0n) is 16.5. The van der Waals surface area contributed by atoms with Crippen molar-refractivity contribution in [2.24, 2.45) is 4.99 Å². The molecule has 0 atom stereocenters. The van der Waals surface area contributed by atoms with Crippen LogP contribution in [0, 0.1) is 0 Å². The van der Waals surface area contributed by atoms with E-state index in [4.69, 9.17) is 13.9 Å². The first-order chi connectivity index (χ1) is 14.7. The Labute approximate surface area is 172 Å². The minimum absolute atomic E-state index is 0.164. The maximum atomic E-state index is 13.0. The van der Waals surface area contributed by atoms with Gasteiger partial charge >= 0.3 is 0 Å². The third-order valence-electron chi connectivity index (χ3n) is 4.37. The molecule has 0 aliphatic carbocycles. The quantitative estimate of drug-likeness (QED) is 0.538. The van der Waals surface area contributed by atoms with Gasteiger partial charge in [-0.15, -0.1) is 0 Å². The Morgan fingerprint density at radius 3 is 2.40 bits per heavy atom. The molecule has 4 rings (SSSR count). The Balaban J connectivity index is 1.86. The average molecular weight is 401 g/mol. The third kappa shape index (κ3) is 4.15. The van der Waals surface area contributed by atoms with Gasteiger partial charge in [-0.1, -0.05) is 24.3 Å². The number of carbonyl (C=O) groups excluding carboxylic acids is 1. The number of para-hydroxylation sites is 1. The second kappa shape index (κ2) is 8.48. The first kappa shape index (κ1) is 19.2. The molecule has 7 heteroatoms. The van der Waals surface area contributed by atoms with E-state index in [0.29, 0.717) is 28.6 Å². The van der Waals surface area contributed by atoms with E-state index >= 15 is 0 Å². The highest BCUT2D eigenvalue weighted by atomic mass is 16.5. The van der Waals surface area contributed by atoms with Gasteiger partial charge in [0.2, 0.25) is 5.55 Å². The number of hydrogen-bond acceptors (Lipinski definition) is 6. The summed E-state index contributed by atoms with van der Waals surface area (Å²) in [6.45, 7) is 0. The fourth-order valence-corrected chi connectivity index (χ4v) is 2.91. The van der Waals surface area contributed by atoms with Crippen LogP contribution in [0.3, 0.4) is 0 Å². The van der Waals surface area contributed by atoms with Gasteiger partial charge in [-0.3, -0.25) is 4.79 Å². The molecule has 0 saturated heterocycles. The largest absolute Gasteiger partial charge is 0.497 e. The summed E-state index contributed by atoms with van der Waals surface area (Å²) in [5, 5.41) is 3.56. The maximum absolute atomic E-state index is 13.0. The lowest BCUT2D eigenvalue weighted by atomic mass is 10.1. The fraction of sp³-hybridized carbons (Fsp3) is 0.0870. The normalized spacial score (nSPS) is 11.3. The van der Waals surface area contributed by atoms with Crippen LogP contribution in [-0.4, -0.2) is 25.1 Å². The van der Waals surface area contributed by atoms with Gasteiger partial charge < -0.3 is 19.2 Å². The van der Waals surface area contributed by atoms with Crippen LogP contribution in [0.15, 0.2) is 82.3 Å². The van der Waals surface area contributed by atoms with Crippen molar-refractivity contribution in [3.05, 3.63) is 84.0 Å². The zero-order chi connectivity index (χ0) is 20.9. The van der Waals surface area contributed by atoms with Crippen LogP contribution < -0.4 is 20.3 Å². The Morgan fingerprint density at radius 1 is 0.967 bits per heavy atom. The number of pyridine rings is 1. The van der Waals surface area contributed by atoms with E-state index < -0.39 is 0 Å². The van der Waals surface area contributed by atoms with Crippen LogP contribution in [0.25, 0.3) is 11.0 Å². The Hall–Kier alpha value is -4.13. The van der Waals surface area contributed by atoms with Crippen LogP contribution in [0.4, 0.5) is 11.5 Å². The van der Waals surface area contributed by atoms with E-state index in [9.17, 15) is 4.79 Å². The van der Waals surface area contributed by atoms with E-state index in [0.717, 1.165) is 5.39 Å². The number of methoxy groups -OCH3 is 2. The summed E-state index contributed by atoms with van der Waals surface area (Å²) in [5.41, 5.74) is 1.58. The SMILES string of the molecule is COc1cc(N=c2oc3ccccc3cc2C(=O)Nc2ccccn2)cc(OC)c1. The van der Waals surface area contributed by atoms with Crippen LogP contribution in [-0.2, 0) is 0 Å². The lowest BCUT2D eigenvalue weighted by Gasteiger charge is -2.07. The molecule has 2 aromatic carbocycles. The fourth-order valence-electron chi connectivity index (χ4n) is 2.91. The van der Waals surface area contributed by atoms with Crippen molar-refractivity contribution in [1.82, 2.24) is 4.98 Å². The molecule has 150 valence electrons. The number of aromatic nitrogens is 1. The second-order valence-corrected chi connectivity index (χ2v) is 6.35. The molecule has 0 radical (unpaired) electrons. The highest BCUT2D eigenvalue weighted by Crippen LogP contribution is 2.27. The number of anilines is 1. The molecule has 2 heterocycles. The number of amides is 1. The second-order valence-electron chi connectivity index (χ2n) is 6.35.